The van der Waals surface area contributed by atoms with Crippen LogP contribution < -0.4 is 10.1 Å². The summed E-state index contributed by atoms with van der Waals surface area (Å²) in [4.78, 5) is 7.69. The normalized spacial score (nSPS) is 10.4. The van der Waals surface area contributed by atoms with Crippen molar-refractivity contribution >= 4 is 5.95 Å². The quantitative estimate of drug-likeness (QED) is 0.851. The monoisotopic (exact) mass is 245 g/mol. The lowest BCUT2D eigenvalue weighted by molar-refractivity contribution is 0.340. The first-order chi connectivity index (χ1) is 8.72. The van der Waals surface area contributed by atoms with Crippen LogP contribution in [0.15, 0.2) is 24.3 Å². The fraction of sp³-hybridized carbons (Fsp3) is 0.357. The highest BCUT2D eigenvalue weighted by Crippen LogP contribution is 2.18. The molecule has 0 aliphatic rings. The highest BCUT2D eigenvalue weighted by Gasteiger charge is 2.07. The van der Waals surface area contributed by atoms with Gasteiger partial charge in [0, 0.05) is 19.2 Å². The summed E-state index contributed by atoms with van der Waals surface area (Å²) in [7, 11) is 1.86. The number of anilines is 1. The van der Waals surface area contributed by atoms with Crippen LogP contribution >= 0.6 is 0 Å². The maximum absolute atomic E-state index is 5.50. The zero-order chi connectivity index (χ0) is 13.0. The standard InChI is InChI=1S/C14H19N3O/c1-4-18-12-7-5-6-11(8-12)9-13-10(2)16-14(15-3)17-13/h5-8H,4,9H2,1-3H3,(H2,15,16,17). The molecule has 0 bridgehead atoms. The zero-order valence-corrected chi connectivity index (χ0v) is 11.1. The first kappa shape index (κ1) is 12.5. The molecule has 1 heterocycles. The summed E-state index contributed by atoms with van der Waals surface area (Å²) < 4.78 is 5.50. The van der Waals surface area contributed by atoms with Crippen LogP contribution in [0.5, 0.6) is 5.75 Å². The van der Waals surface area contributed by atoms with Gasteiger partial charge in [-0.1, -0.05) is 12.1 Å². The minimum absolute atomic E-state index is 0.689. The number of H-pyrrole nitrogens is 1. The molecule has 0 aliphatic carbocycles. The number of ether oxygens (including phenoxy) is 1. The van der Waals surface area contributed by atoms with E-state index in [1.54, 1.807) is 0 Å². The number of hydrogen-bond donors (Lipinski definition) is 2. The molecule has 0 saturated heterocycles. The lowest BCUT2D eigenvalue weighted by atomic mass is 10.1. The number of aromatic nitrogens is 2. The molecule has 0 amide bonds. The number of rotatable bonds is 5. The van der Waals surface area contributed by atoms with Gasteiger partial charge in [-0.05, 0) is 31.5 Å². The van der Waals surface area contributed by atoms with Crippen LogP contribution in [0, 0.1) is 6.92 Å². The predicted molar refractivity (Wildman–Crippen MR) is 73.3 cm³/mol. The van der Waals surface area contributed by atoms with E-state index in [1.807, 2.05) is 33.0 Å². The molecule has 2 N–H and O–H groups in total. The Balaban J connectivity index is 2.17. The lowest BCUT2D eigenvalue weighted by Gasteiger charge is -2.05. The summed E-state index contributed by atoms with van der Waals surface area (Å²) in [5.74, 6) is 1.72. The Kier molecular flexibility index (Phi) is 3.87. The SMILES string of the molecule is CCOc1cccc(Cc2nc(NC)[nH]c2C)c1. The molecular weight excluding hydrogens is 226 g/mol. The number of nitrogens with zero attached hydrogens (tertiary/aromatic N) is 1. The Morgan fingerprint density at radius 2 is 2.22 bits per heavy atom. The molecule has 0 fully saturated rings. The van der Waals surface area contributed by atoms with Crippen molar-refractivity contribution in [2.24, 2.45) is 0 Å². The largest absolute Gasteiger partial charge is 0.494 e. The second-order valence-corrected chi connectivity index (χ2v) is 4.16. The molecule has 4 heteroatoms. The molecule has 4 nitrogen and oxygen atoms in total. The molecule has 0 saturated carbocycles. The van der Waals surface area contributed by atoms with E-state index in [2.05, 4.69) is 27.4 Å². The molecule has 0 atom stereocenters. The Labute approximate surface area is 107 Å². The van der Waals surface area contributed by atoms with Gasteiger partial charge in [0.1, 0.15) is 5.75 Å². The smallest absolute Gasteiger partial charge is 0.200 e. The van der Waals surface area contributed by atoms with Crippen LogP contribution in [0.2, 0.25) is 0 Å². The summed E-state index contributed by atoms with van der Waals surface area (Å²) in [6.45, 7) is 4.72. The van der Waals surface area contributed by atoms with E-state index >= 15 is 0 Å². The van der Waals surface area contributed by atoms with Crippen molar-refractivity contribution in [3.63, 3.8) is 0 Å². The van der Waals surface area contributed by atoms with Crippen LogP contribution in [-0.2, 0) is 6.42 Å². The second kappa shape index (κ2) is 5.58. The van der Waals surface area contributed by atoms with Gasteiger partial charge in [0.05, 0.1) is 12.3 Å². The molecule has 96 valence electrons. The average Bonchev–Trinajstić information content (AvgIpc) is 2.71. The number of imidazole rings is 1. The van der Waals surface area contributed by atoms with E-state index in [0.29, 0.717) is 6.61 Å². The minimum Gasteiger partial charge on any atom is -0.494 e. The third kappa shape index (κ3) is 2.83. The molecule has 0 spiro atoms. The third-order valence-corrected chi connectivity index (χ3v) is 2.80. The van der Waals surface area contributed by atoms with Gasteiger partial charge < -0.3 is 15.0 Å². The molecule has 2 aromatic rings. The van der Waals surface area contributed by atoms with Crippen molar-refractivity contribution in [1.82, 2.24) is 9.97 Å². The van der Waals surface area contributed by atoms with Gasteiger partial charge in [0.25, 0.3) is 0 Å². The fourth-order valence-corrected chi connectivity index (χ4v) is 1.89. The van der Waals surface area contributed by atoms with E-state index in [9.17, 15) is 0 Å². The molecule has 18 heavy (non-hydrogen) atoms. The van der Waals surface area contributed by atoms with Crippen LogP contribution in [0.4, 0.5) is 5.95 Å². The van der Waals surface area contributed by atoms with Crippen LogP contribution in [0.25, 0.3) is 0 Å². The molecule has 0 unspecified atom stereocenters. The topological polar surface area (TPSA) is 49.9 Å². The van der Waals surface area contributed by atoms with Crippen molar-refractivity contribution in [3.05, 3.63) is 41.2 Å². The average molecular weight is 245 g/mol. The van der Waals surface area contributed by atoms with Crippen molar-refractivity contribution < 1.29 is 4.74 Å². The second-order valence-electron chi connectivity index (χ2n) is 4.16. The van der Waals surface area contributed by atoms with Gasteiger partial charge in [-0.15, -0.1) is 0 Å². The van der Waals surface area contributed by atoms with E-state index in [4.69, 9.17) is 4.74 Å². The molecule has 0 radical (unpaired) electrons. The van der Waals surface area contributed by atoms with E-state index < -0.39 is 0 Å². The zero-order valence-electron chi connectivity index (χ0n) is 11.1. The fourth-order valence-electron chi connectivity index (χ4n) is 1.89. The van der Waals surface area contributed by atoms with Crippen molar-refractivity contribution in [2.75, 3.05) is 19.0 Å². The first-order valence-electron chi connectivity index (χ1n) is 6.18. The van der Waals surface area contributed by atoms with E-state index in [1.165, 1.54) is 5.56 Å². The summed E-state index contributed by atoms with van der Waals surface area (Å²) in [5.41, 5.74) is 3.37. The molecule has 2 rings (SSSR count). The summed E-state index contributed by atoms with van der Waals surface area (Å²) in [6, 6.07) is 8.15. The van der Waals surface area contributed by atoms with Crippen molar-refractivity contribution in [2.45, 2.75) is 20.3 Å². The third-order valence-electron chi connectivity index (χ3n) is 2.80. The Morgan fingerprint density at radius 1 is 1.39 bits per heavy atom. The maximum Gasteiger partial charge on any atom is 0.200 e. The number of aromatic amines is 1. The van der Waals surface area contributed by atoms with E-state index in [0.717, 1.165) is 29.5 Å². The first-order valence-corrected chi connectivity index (χ1v) is 6.18. The van der Waals surface area contributed by atoms with Crippen LogP contribution in [-0.4, -0.2) is 23.6 Å². The number of aryl methyl sites for hydroxylation is 1. The minimum atomic E-state index is 0.689. The Morgan fingerprint density at radius 3 is 2.89 bits per heavy atom. The van der Waals surface area contributed by atoms with Gasteiger partial charge >= 0.3 is 0 Å². The van der Waals surface area contributed by atoms with Gasteiger partial charge in [-0.25, -0.2) is 4.98 Å². The Bertz CT molecular complexity index is 520. The summed E-state index contributed by atoms with van der Waals surface area (Å²) >= 11 is 0. The summed E-state index contributed by atoms with van der Waals surface area (Å²) in [5, 5.41) is 3.01. The molecule has 1 aromatic heterocycles. The highest BCUT2D eigenvalue weighted by atomic mass is 16.5. The van der Waals surface area contributed by atoms with E-state index in [-0.39, 0.29) is 0 Å². The summed E-state index contributed by atoms with van der Waals surface area (Å²) in [6.07, 6.45) is 0.810. The van der Waals surface area contributed by atoms with Crippen molar-refractivity contribution in [3.8, 4) is 5.75 Å². The number of benzene rings is 1. The van der Waals surface area contributed by atoms with Crippen LogP contribution in [0.1, 0.15) is 23.9 Å². The van der Waals surface area contributed by atoms with Gasteiger partial charge in [0.2, 0.25) is 0 Å². The van der Waals surface area contributed by atoms with Crippen molar-refractivity contribution in [1.29, 1.82) is 0 Å². The number of hydrogen-bond acceptors (Lipinski definition) is 3. The Hall–Kier alpha value is -1.97. The van der Waals surface area contributed by atoms with Gasteiger partial charge in [0.15, 0.2) is 5.95 Å². The molecule has 1 aromatic carbocycles. The number of nitrogens with one attached hydrogen (secondary N) is 2. The predicted octanol–water partition coefficient (Wildman–Crippen LogP) is 2.75. The van der Waals surface area contributed by atoms with Gasteiger partial charge in [-0.2, -0.15) is 0 Å². The molecular formula is C14H19N3O. The van der Waals surface area contributed by atoms with Gasteiger partial charge in [-0.3, -0.25) is 0 Å². The highest BCUT2D eigenvalue weighted by molar-refractivity contribution is 5.35. The van der Waals surface area contributed by atoms with Crippen LogP contribution in [0.3, 0.4) is 0 Å². The lowest BCUT2D eigenvalue weighted by Crippen LogP contribution is -1.95. The molecule has 0 aliphatic heterocycles. The maximum atomic E-state index is 5.50.